The Kier molecular flexibility index (Phi) is 4.05. The molecule has 1 aromatic heterocycles. The van der Waals surface area contributed by atoms with Gasteiger partial charge in [0, 0.05) is 12.0 Å². The zero-order valence-corrected chi connectivity index (χ0v) is 12.3. The van der Waals surface area contributed by atoms with Crippen molar-refractivity contribution in [3.8, 4) is 17.1 Å². The van der Waals surface area contributed by atoms with Crippen LogP contribution in [0.15, 0.2) is 53.1 Å². The molecule has 2 N–H and O–H groups in total. The van der Waals surface area contributed by atoms with Gasteiger partial charge in [0.2, 0.25) is 11.7 Å². The molecule has 0 aliphatic rings. The molecule has 5 heteroatoms. The lowest BCUT2D eigenvalue weighted by Crippen LogP contribution is -1.93. The zero-order valence-electron chi connectivity index (χ0n) is 12.3. The molecule has 0 saturated carbocycles. The van der Waals surface area contributed by atoms with Crippen LogP contribution in [0.4, 0.5) is 5.69 Å². The van der Waals surface area contributed by atoms with E-state index in [2.05, 4.69) is 22.3 Å². The number of nitrogens with two attached hydrogens (primary N) is 1. The first-order valence-corrected chi connectivity index (χ1v) is 7.06. The number of hydrogen-bond acceptors (Lipinski definition) is 5. The SMILES string of the molecule is COc1ccc(-c2noc(CCc3ccccc3)n2)cc1N. The molecule has 2 aromatic carbocycles. The summed E-state index contributed by atoms with van der Waals surface area (Å²) in [5.41, 5.74) is 8.51. The van der Waals surface area contributed by atoms with Crippen molar-refractivity contribution in [3.63, 3.8) is 0 Å². The van der Waals surface area contributed by atoms with Gasteiger partial charge in [-0.25, -0.2) is 0 Å². The number of nitrogens with zero attached hydrogens (tertiary/aromatic N) is 2. The molecule has 0 saturated heterocycles. The molecule has 0 spiro atoms. The highest BCUT2D eigenvalue weighted by Crippen LogP contribution is 2.26. The van der Waals surface area contributed by atoms with Crippen molar-refractivity contribution in [2.75, 3.05) is 12.8 Å². The van der Waals surface area contributed by atoms with Crippen molar-refractivity contribution in [2.45, 2.75) is 12.8 Å². The van der Waals surface area contributed by atoms with Gasteiger partial charge in [0.05, 0.1) is 12.8 Å². The van der Waals surface area contributed by atoms with Crippen LogP contribution < -0.4 is 10.5 Å². The van der Waals surface area contributed by atoms with Gasteiger partial charge in [-0.15, -0.1) is 0 Å². The Bertz CT molecular complexity index is 754. The van der Waals surface area contributed by atoms with Crippen molar-refractivity contribution >= 4 is 5.69 Å². The van der Waals surface area contributed by atoms with E-state index in [1.54, 1.807) is 19.2 Å². The summed E-state index contributed by atoms with van der Waals surface area (Å²) in [5.74, 6) is 1.79. The van der Waals surface area contributed by atoms with Crippen molar-refractivity contribution in [1.29, 1.82) is 0 Å². The Morgan fingerprint density at radius 3 is 2.64 bits per heavy atom. The fourth-order valence-electron chi connectivity index (χ4n) is 2.24. The van der Waals surface area contributed by atoms with Gasteiger partial charge in [-0.3, -0.25) is 0 Å². The Morgan fingerprint density at radius 2 is 1.91 bits per heavy atom. The number of ether oxygens (including phenoxy) is 1. The fraction of sp³-hybridized carbons (Fsp3) is 0.176. The molecule has 0 aliphatic heterocycles. The first kappa shape index (κ1) is 14.1. The number of aromatic nitrogens is 2. The highest BCUT2D eigenvalue weighted by atomic mass is 16.5. The summed E-state index contributed by atoms with van der Waals surface area (Å²) in [6, 6.07) is 15.7. The third kappa shape index (κ3) is 3.09. The van der Waals surface area contributed by atoms with Crippen molar-refractivity contribution in [1.82, 2.24) is 10.1 Å². The smallest absolute Gasteiger partial charge is 0.227 e. The van der Waals surface area contributed by atoms with Crippen LogP contribution >= 0.6 is 0 Å². The number of anilines is 1. The van der Waals surface area contributed by atoms with Crippen molar-refractivity contribution in [3.05, 3.63) is 60.0 Å². The van der Waals surface area contributed by atoms with E-state index in [4.69, 9.17) is 15.0 Å². The second-order valence-electron chi connectivity index (χ2n) is 4.95. The first-order chi connectivity index (χ1) is 10.8. The van der Waals surface area contributed by atoms with E-state index >= 15 is 0 Å². The topological polar surface area (TPSA) is 74.2 Å². The van der Waals surface area contributed by atoms with Crippen LogP contribution in [0.5, 0.6) is 5.75 Å². The van der Waals surface area contributed by atoms with Crippen LogP contribution in [0.3, 0.4) is 0 Å². The van der Waals surface area contributed by atoms with Crippen LogP contribution in [-0.2, 0) is 12.8 Å². The minimum Gasteiger partial charge on any atom is -0.495 e. The van der Waals surface area contributed by atoms with Crippen molar-refractivity contribution in [2.24, 2.45) is 0 Å². The lowest BCUT2D eigenvalue weighted by molar-refractivity contribution is 0.379. The van der Waals surface area contributed by atoms with Gasteiger partial charge in [0.15, 0.2) is 0 Å². The number of hydrogen-bond donors (Lipinski definition) is 1. The Hall–Kier alpha value is -2.82. The highest BCUT2D eigenvalue weighted by molar-refractivity contribution is 5.65. The normalized spacial score (nSPS) is 10.6. The molecule has 3 aromatic rings. The lowest BCUT2D eigenvalue weighted by Gasteiger charge is -2.04. The van der Waals surface area contributed by atoms with Gasteiger partial charge in [-0.1, -0.05) is 35.5 Å². The van der Waals surface area contributed by atoms with Crippen LogP contribution in [0.2, 0.25) is 0 Å². The quantitative estimate of drug-likeness (QED) is 0.732. The van der Waals surface area contributed by atoms with Crippen LogP contribution in [0.1, 0.15) is 11.5 Å². The summed E-state index contributed by atoms with van der Waals surface area (Å²) in [6.45, 7) is 0. The monoisotopic (exact) mass is 295 g/mol. The third-order valence-corrected chi connectivity index (χ3v) is 3.43. The van der Waals surface area contributed by atoms with E-state index in [1.165, 1.54) is 5.56 Å². The summed E-state index contributed by atoms with van der Waals surface area (Å²) in [7, 11) is 1.58. The lowest BCUT2D eigenvalue weighted by atomic mass is 10.1. The van der Waals surface area contributed by atoms with Crippen LogP contribution in [-0.4, -0.2) is 17.3 Å². The molecule has 3 rings (SSSR count). The summed E-state index contributed by atoms with van der Waals surface area (Å²) >= 11 is 0. The Morgan fingerprint density at radius 1 is 1.09 bits per heavy atom. The molecular weight excluding hydrogens is 278 g/mol. The molecule has 0 bridgehead atoms. The molecule has 0 radical (unpaired) electrons. The molecule has 0 unspecified atom stereocenters. The average Bonchev–Trinajstić information content (AvgIpc) is 3.03. The van der Waals surface area contributed by atoms with Gasteiger partial charge in [0.25, 0.3) is 0 Å². The molecule has 22 heavy (non-hydrogen) atoms. The maximum atomic E-state index is 5.90. The first-order valence-electron chi connectivity index (χ1n) is 7.06. The summed E-state index contributed by atoms with van der Waals surface area (Å²) in [4.78, 5) is 4.42. The predicted molar refractivity (Wildman–Crippen MR) is 84.5 cm³/mol. The number of aryl methyl sites for hydroxylation is 2. The number of methoxy groups -OCH3 is 1. The average molecular weight is 295 g/mol. The summed E-state index contributed by atoms with van der Waals surface area (Å²) in [6.07, 6.45) is 1.58. The minimum absolute atomic E-state index is 0.539. The second kappa shape index (κ2) is 6.30. The number of benzene rings is 2. The molecule has 0 fully saturated rings. The molecular formula is C17H17N3O2. The van der Waals surface area contributed by atoms with E-state index in [1.807, 2.05) is 24.3 Å². The van der Waals surface area contributed by atoms with Gasteiger partial charge in [-0.05, 0) is 30.2 Å². The minimum atomic E-state index is 0.539. The predicted octanol–water partition coefficient (Wildman–Crippen LogP) is 3.11. The van der Waals surface area contributed by atoms with E-state index in [-0.39, 0.29) is 0 Å². The molecule has 5 nitrogen and oxygen atoms in total. The van der Waals surface area contributed by atoms with Gasteiger partial charge in [0.1, 0.15) is 5.75 Å². The Labute approximate surface area is 128 Å². The number of rotatable bonds is 5. The van der Waals surface area contributed by atoms with E-state index in [0.717, 1.165) is 12.0 Å². The van der Waals surface area contributed by atoms with Crippen molar-refractivity contribution < 1.29 is 9.26 Å². The highest BCUT2D eigenvalue weighted by Gasteiger charge is 2.10. The van der Waals surface area contributed by atoms with Crippen LogP contribution in [0.25, 0.3) is 11.4 Å². The standard InChI is InChI=1S/C17H17N3O2/c1-21-15-9-8-13(11-14(15)18)17-19-16(22-20-17)10-7-12-5-3-2-4-6-12/h2-6,8-9,11H,7,10,18H2,1H3. The maximum Gasteiger partial charge on any atom is 0.227 e. The zero-order chi connectivity index (χ0) is 15.4. The maximum absolute atomic E-state index is 5.90. The fourth-order valence-corrected chi connectivity index (χ4v) is 2.24. The van der Waals surface area contributed by atoms with Crippen LogP contribution in [0, 0.1) is 0 Å². The molecule has 0 atom stereocenters. The molecule has 0 aliphatic carbocycles. The molecule has 1 heterocycles. The van der Waals surface area contributed by atoms with E-state index < -0.39 is 0 Å². The number of nitrogen functional groups attached to an aromatic ring is 1. The summed E-state index contributed by atoms with van der Waals surface area (Å²) < 4.78 is 10.4. The summed E-state index contributed by atoms with van der Waals surface area (Å²) in [5, 5.41) is 4.01. The Balaban J connectivity index is 1.72. The molecule has 112 valence electrons. The van der Waals surface area contributed by atoms with E-state index in [0.29, 0.717) is 29.6 Å². The largest absolute Gasteiger partial charge is 0.495 e. The van der Waals surface area contributed by atoms with Gasteiger partial charge >= 0.3 is 0 Å². The second-order valence-corrected chi connectivity index (χ2v) is 4.95. The van der Waals surface area contributed by atoms with Gasteiger partial charge in [-0.2, -0.15) is 4.98 Å². The third-order valence-electron chi connectivity index (χ3n) is 3.43. The van der Waals surface area contributed by atoms with E-state index in [9.17, 15) is 0 Å². The molecule has 0 amide bonds. The van der Waals surface area contributed by atoms with Gasteiger partial charge < -0.3 is 15.0 Å².